The van der Waals surface area contributed by atoms with E-state index in [1.807, 2.05) is 0 Å². The molecule has 216 valence electrons. The topological polar surface area (TPSA) is 126 Å². The molecule has 11 heteroatoms. The van der Waals surface area contributed by atoms with Gasteiger partial charge in [-0.15, -0.1) is 0 Å². The monoisotopic (exact) mass is 596 g/mol. The van der Waals surface area contributed by atoms with E-state index in [9.17, 15) is 25.3 Å². The molecular formula is C28H40N2O6S3. The van der Waals surface area contributed by atoms with Gasteiger partial charge in [0, 0.05) is 12.5 Å². The van der Waals surface area contributed by atoms with Crippen LogP contribution in [0.4, 0.5) is 0 Å². The number of hydrogen-bond acceptors (Lipinski definition) is 8. The van der Waals surface area contributed by atoms with Crippen molar-refractivity contribution < 1.29 is 25.3 Å². The first-order chi connectivity index (χ1) is 18.3. The molecule has 0 radical (unpaired) electrons. The summed E-state index contributed by atoms with van der Waals surface area (Å²) >= 11 is 0. The van der Waals surface area contributed by atoms with Crippen LogP contribution in [0, 0.1) is 11.8 Å². The van der Waals surface area contributed by atoms with Gasteiger partial charge in [0.05, 0.1) is 21.3 Å². The first-order valence-corrected chi connectivity index (χ1v) is 19.2. The van der Waals surface area contributed by atoms with Gasteiger partial charge in [-0.05, 0) is 111 Å². The largest absolute Gasteiger partial charge is 0.317 e. The zero-order valence-corrected chi connectivity index (χ0v) is 25.2. The summed E-state index contributed by atoms with van der Waals surface area (Å²) in [5.41, 5.74) is 2.49. The van der Waals surface area contributed by atoms with E-state index in [1.54, 1.807) is 24.3 Å². The van der Waals surface area contributed by atoms with Crippen LogP contribution in [0.1, 0.15) is 47.9 Å². The van der Waals surface area contributed by atoms with Crippen molar-refractivity contribution in [2.24, 2.45) is 11.8 Å². The standard InChI is InChI=1S/C28H40N2O6S3/c1-37(31,32)27-5-3-23(17-25(27)15-21-7-11-29-12-8-21)19-39(35,36)20-24-4-6-28(38(2,33)34)26(18-24)16-22-9-13-30-14-10-22/h3-6,17-18,21-22,29-30H,7-16,19-20H2,1-2H3. The number of benzene rings is 2. The minimum atomic E-state index is -3.60. The molecule has 0 amide bonds. The molecule has 2 heterocycles. The molecule has 8 nitrogen and oxygen atoms in total. The zero-order chi connectivity index (χ0) is 28.3. The van der Waals surface area contributed by atoms with Crippen molar-refractivity contribution in [2.45, 2.75) is 59.8 Å². The van der Waals surface area contributed by atoms with E-state index >= 15 is 0 Å². The number of hydrogen-bond donors (Lipinski definition) is 2. The van der Waals surface area contributed by atoms with Crippen LogP contribution in [-0.4, -0.2) is 63.9 Å². The van der Waals surface area contributed by atoms with E-state index in [-0.39, 0.29) is 21.3 Å². The van der Waals surface area contributed by atoms with Crippen molar-refractivity contribution in [3.05, 3.63) is 58.7 Å². The number of rotatable bonds is 10. The Bertz CT molecular complexity index is 1380. The maximum absolute atomic E-state index is 13.3. The quantitative estimate of drug-likeness (QED) is 0.429. The SMILES string of the molecule is CS(=O)(=O)c1ccc(CS(=O)(=O)Cc2ccc(S(C)(=O)=O)c(CC3CCNCC3)c2)cc1CC1CCNCC1. The minimum Gasteiger partial charge on any atom is -0.317 e. The molecule has 0 bridgehead atoms. The van der Waals surface area contributed by atoms with Crippen LogP contribution in [0.2, 0.25) is 0 Å². The lowest BCUT2D eigenvalue weighted by Gasteiger charge is -2.24. The molecule has 2 aliphatic heterocycles. The van der Waals surface area contributed by atoms with Crippen molar-refractivity contribution in [3.63, 3.8) is 0 Å². The molecule has 0 unspecified atom stereocenters. The Labute approximate surface area is 233 Å². The Morgan fingerprint density at radius 2 is 0.974 bits per heavy atom. The highest BCUT2D eigenvalue weighted by Crippen LogP contribution is 2.28. The van der Waals surface area contributed by atoms with Crippen LogP contribution in [0.5, 0.6) is 0 Å². The lowest BCUT2D eigenvalue weighted by Crippen LogP contribution is -2.29. The van der Waals surface area contributed by atoms with E-state index < -0.39 is 29.5 Å². The fraction of sp³-hybridized carbons (Fsp3) is 0.571. The first kappa shape index (κ1) is 30.2. The molecule has 39 heavy (non-hydrogen) atoms. The molecule has 0 aliphatic carbocycles. The van der Waals surface area contributed by atoms with Crippen molar-refractivity contribution in [1.82, 2.24) is 10.6 Å². The molecule has 2 aliphatic rings. The molecule has 2 N–H and O–H groups in total. The molecule has 0 atom stereocenters. The fourth-order valence-electron chi connectivity index (χ4n) is 5.84. The van der Waals surface area contributed by atoms with E-state index in [0.29, 0.717) is 46.9 Å². The molecule has 0 saturated carbocycles. The van der Waals surface area contributed by atoms with Crippen molar-refractivity contribution >= 4 is 29.5 Å². The van der Waals surface area contributed by atoms with E-state index in [1.165, 1.54) is 24.6 Å². The lowest BCUT2D eigenvalue weighted by molar-refractivity contribution is 0.371. The van der Waals surface area contributed by atoms with Crippen molar-refractivity contribution in [2.75, 3.05) is 38.7 Å². The van der Waals surface area contributed by atoms with Crippen LogP contribution in [0.15, 0.2) is 46.2 Å². The maximum Gasteiger partial charge on any atom is 0.175 e. The number of nitrogens with one attached hydrogen (secondary N) is 2. The summed E-state index contributed by atoms with van der Waals surface area (Å²) in [7, 11) is -10.5. The van der Waals surface area contributed by atoms with Crippen LogP contribution in [0.3, 0.4) is 0 Å². The second-order valence-electron chi connectivity index (χ2n) is 11.3. The van der Waals surface area contributed by atoms with Gasteiger partial charge in [-0.3, -0.25) is 0 Å². The summed E-state index contributed by atoms with van der Waals surface area (Å²) in [5, 5.41) is 6.63. The van der Waals surface area contributed by atoms with Gasteiger partial charge in [0.25, 0.3) is 0 Å². The second-order valence-corrected chi connectivity index (χ2v) is 17.3. The zero-order valence-electron chi connectivity index (χ0n) is 22.8. The number of piperidine rings is 2. The van der Waals surface area contributed by atoms with E-state index in [4.69, 9.17) is 0 Å². The van der Waals surface area contributed by atoms with Gasteiger partial charge >= 0.3 is 0 Å². The minimum absolute atomic E-state index is 0.215. The lowest BCUT2D eigenvalue weighted by atomic mass is 9.90. The van der Waals surface area contributed by atoms with Gasteiger partial charge in [-0.25, -0.2) is 25.3 Å². The predicted molar refractivity (Wildman–Crippen MR) is 154 cm³/mol. The smallest absolute Gasteiger partial charge is 0.175 e. The summed E-state index contributed by atoms with van der Waals surface area (Å²) in [6.45, 7) is 3.57. The van der Waals surface area contributed by atoms with Gasteiger partial charge in [-0.1, -0.05) is 24.3 Å². The predicted octanol–water partition coefficient (Wildman–Crippen LogP) is 2.69. The highest BCUT2D eigenvalue weighted by molar-refractivity contribution is 7.91. The third-order valence-electron chi connectivity index (χ3n) is 7.76. The average molecular weight is 597 g/mol. The van der Waals surface area contributed by atoms with Gasteiger partial charge in [0.2, 0.25) is 0 Å². The third kappa shape index (κ3) is 8.60. The third-order valence-corrected chi connectivity index (χ3v) is 11.7. The first-order valence-electron chi connectivity index (χ1n) is 13.6. The second kappa shape index (κ2) is 12.4. The van der Waals surface area contributed by atoms with E-state index in [0.717, 1.165) is 51.9 Å². The van der Waals surface area contributed by atoms with Gasteiger partial charge in [0.1, 0.15) is 0 Å². The Morgan fingerprint density at radius 3 is 1.31 bits per heavy atom. The normalized spacial score (nSPS) is 18.3. The van der Waals surface area contributed by atoms with Gasteiger partial charge in [0.15, 0.2) is 29.5 Å². The molecule has 0 aromatic heterocycles. The Morgan fingerprint density at radius 1 is 0.615 bits per heavy atom. The Kier molecular flexibility index (Phi) is 9.58. The van der Waals surface area contributed by atoms with Crippen LogP contribution in [0.25, 0.3) is 0 Å². The summed E-state index contributed by atoms with van der Waals surface area (Å²) in [4.78, 5) is 0.530. The number of sulfone groups is 3. The van der Waals surface area contributed by atoms with E-state index in [2.05, 4.69) is 10.6 Å². The summed E-state index contributed by atoms with van der Waals surface area (Å²) < 4.78 is 76.3. The average Bonchev–Trinajstić information content (AvgIpc) is 2.83. The molecule has 2 aromatic carbocycles. The highest BCUT2D eigenvalue weighted by Gasteiger charge is 2.23. The summed E-state index contributed by atoms with van der Waals surface area (Å²) in [6, 6.07) is 9.74. The molecule has 2 aromatic rings. The molecule has 2 saturated heterocycles. The summed E-state index contributed by atoms with van der Waals surface area (Å²) in [6.07, 6.45) is 7.39. The van der Waals surface area contributed by atoms with Gasteiger partial charge < -0.3 is 10.6 Å². The van der Waals surface area contributed by atoms with Crippen molar-refractivity contribution in [1.29, 1.82) is 0 Å². The van der Waals surface area contributed by atoms with Crippen molar-refractivity contribution in [3.8, 4) is 0 Å². The maximum atomic E-state index is 13.3. The van der Waals surface area contributed by atoms with Gasteiger partial charge in [-0.2, -0.15) is 0 Å². The highest BCUT2D eigenvalue weighted by atomic mass is 32.2. The van der Waals surface area contributed by atoms with Crippen LogP contribution >= 0.6 is 0 Å². The molecule has 0 spiro atoms. The van der Waals surface area contributed by atoms with Crippen LogP contribution < -0.4 is 10.6 Å². The Balaban J connectivity index is 1.56. The fourth-order valence-corrected chi connectivity index (χ4v) is 9.18. The molecular weight excluding hydrogens is 557 g/mol. The van der Waals surface area contributed by atoms with Crippen LogP contribution in [-0.2, 0) is 53.9 Å². The summed E-state index contributed by atoms with van der Waals surface area (Å²) in [5.74, 6) is 0.275. The molecule has 4 rings (SSSR count). The Hall–Kier alpha value is -1.79. The molecule has 2 fully saturated rings.